The Bertz CT molecular complexity index is 350. The first-order valence-corrected chi connectivity index (χ1v) is 3.87. The number of nitriles is 1. The second kappa shape index (κ2) is 3.76. The number of nitrogens with zero attached hydrogens (tertiary/aromatic N) is 3. The third kappa shape index (κ3) is 2.09. The standard InChI is InChI=1S/C9H9N3O/c1-6(3-10)9(13)8-5-11-7(2)4-12-8/h4-6H,1-2H3. The summed E-state index contributed by atoms with van der Waals surface area (Å²) in [6.45, 7) is 3.33. The highest BCUT2D eigenvalue weighted by atomic mass is 16.1. The molecule has 0 fully saturated rings. The lowest BCUT2D eigenvalue weighted by Crippen LogP contribution is -2.11. The van der Waals surface area contributed by atoms with Crippen LogP contribution in [-0.2, 0) is 0 Å². The first-order valence-electron chi connectivity index (χ1n) is 3.87. The number of carbonyl (C=O) groups excluding carboxylic acids is 1. The van der Waals surface area contributed by atoms with Crippen LogP contribution >= 0.6 is 0 Å². The largest absolute Gasteiger partial charge is 0.291 e. The number of Topliss-reactive ketones (excluding diaryl/α,β-unsaturated/α-hetero) is 1. The fourth-order valence-electron chi connectivity index (χ4n) is 0.800. The van der Waals surface area contributed by atoms with Gasteiger partial charge in [-0.2, -0.15) is 5.26 Å². The third-order valence-electron chi connectivity index (χ3n) is 1.62. The summed E-state index contributed by atoms with van der Waals surface area (Å²) in [6, 6.07) is 1.86. The van der Waals surface area contributed by atoms with Gasteiger partial charge in [0.05, 0.1) is 18.0 Å². The van der Waals surface area contributed by atoms with Gasteiger partial charge in [-0.25, -0.2) is 4.98 Å². The maximum absolute atomic E-state index is 11.4. The SMILES string of the molecule is Cc1cnc(C(=O)C(C)C#N)cn1. The van der Waals surface area contributed by atoms with Gasteiger partial charge in [0.1, 0.15) is 11.6 Å². The number of ketones is 1. The molecule has 0 aliphatic carbocycles. The molecule has 66 valence electrons. The Hall–Kier alpha value is -1.76. The van der Waals surface area contributed by atoms with Gasteiger partial charge in [-0.15, -0.1) is 0 Å². The molecular weight excluding hydrogens is 166 g/mol. The third-order valence-corrected chi connectivity index (χ3v) is 1.62. The highest BCUT2D eigenvalue weighted by molar-refractivity contribution is 5.97. The second-order valence-corrected chi connectivity index (χ2v) is 2.76. The minimum atomic E-state index is -0.656. The Kier molecular flexibility index (Phi) is 2.70. The lowest BCUT2D eigenvalue weighted by Gasteiger charge is -1.99. The molecule has 1 unspecified atom stereocenters. The van der Waals surface area contributed by atoms with Crippen molar-refractivity contribution in [3.63, 3.8) is 0 Å². The van der Waals surface area contributed by atoms with E-state index < -0.39 is 5.92 Å². The molecule has 4 heteroatoms. The van der Waals surface area contributed by atoms with E-state index in [9.17, 15) is 4.79 Å². The fourth-order valence-corrected chi connectivity index (χ4v) is 0.800. The van der Waals surface area contributed by atoms with Crippen LogP contribution in [-0.4, -0.2) is 15.8 Å². The maximum atomic E-state index is 11.4. The maximum Gasteiger partial charge on any atom is 0.199 e. The van der Waals surface area contributed by atoms with E-state index in [-0.39, 0.29) is 11.5 Å². The molecule has 1 aromatic heterocycles. The lowest BCUT2D eigenvalue weighted by molar-refractivity contribution is 0.0951. The first kappa shape index (κ1) is 9.33. The average Bonchev–Trinajstić information content (AvgIpc) is 2.17. The molecule has 0 N–H and O–H groups in total. The molecule has 1 aromatic rings. The van der Waals surface area contributed by atoms with Crippen LogP contribution in [0.15, 0.2) is 12.4 Å². The molecule has 1 heterocycles. The van der Waals surface area contributed by atoms with Crippen molar-refractivity contribution in [2.24, 2.45) is 5.92 Å². The Morgan fingerprint density at radius 2 is 2.23 bits per heavy atom. The number of aromatic nitrogens is 2. The molecule has 4 nitrogen and oxygen atoms in total. The van der Waals surface area contributed by atoms with E-state index in [0.717, 1.165) is 5.69 Å². The van der Waals surface area contributed by atoms with E-state index >= 15 is 0 Å². The van der Waals surface area contributed by atoms with E-state index in [1.807, 2.05) is 6.07 Å². The first-order chi connectivity index (χ1) is 6.15. The quantitative estimate of drug-likeness (QED) is 0.632. The monoisotopic (exact) mass is 175 g/mol. The van der Waals surface area contributed by atoms with Crippen molar-refractivity contribution in [1.29, 1.82) is 5.26 Å². The van der Waals surface area contributed by atoms with Crippen molar-refractivity contribution in [2.45, 2.75) is 13.8 Å². The zero-order valence-electron chi connectivity index (χ0n) is 7.48. The molecular formula is C9H9N3O. The summed E-state index contributed by atoms with van der Waals surface area (Å²) in [5.41, 5.74) is 1.00. The highest BCUT2D eigenvalue weighted by Crippen LogP contribution is 2.03. The lowest BCUT2D eigenvalue weighted by atomic mass is 10.1. The van der Waals surface area contributed by atoms with E-state index in [1.54, 1.807) is 13.8 Å². The minimum absolute atomic E-state index is 0.250. The van der Waals surface area contributed by atoms with Gasteiger partial charge in [0.25, 0.3) is 0 Å². The van der Waals surface area contributed by atoms with Crippen molar-refractivity contribution < 1.29 is 4.79 Å². The number of rotatable bonds is 2. The summed E-state index contributed by atoms with van der Waals surface area (Å²) < 4.78 is 0. The van der Waals surface area contributed by atoms with Crippen LogP contribution in [0.2, 0.25) is 0 Å². The van der Waals surface area contributed by atoms with E-state index in [0.29, 0.717) is 0 Å². The molecule has 0 amide bonds. The minimum Gasteiger partial charge on any atom is -0.291 e. The van der Waals surface area contributed by atoms with Gasteiger partial charge in [-0.05, 0) is 13.8 Å². The smallest absolute Gasteiger partial charge is 0.199 e. The van der Waals surface area contributed by atoms with Crippen LogP contribution in [0.4, 0.5) is 0 Å². The summed E-state index contributed by atoms with van der Waals surface area (Å²) >= 11 is 0. The van der Waals surface area contributed by atoms with Gasteiger partial charge in [-0.1, -0.05) is 0 Å². The average molecular weight is 175 g/mol. The molecule has 0 aromatic carbocycles. The Labute approximate surface area is 76.2 Å². The molecule has 1 rings (SSSR count). The predicted octanol–water partition coefficient (Wildman–Crippen LogP) is 1.13. The van der Waals surface area contributed by atoms with Gasteiger partial charge in [0, 0.05) is 6.20 Å². The molecule has 13 heavy (non-hydrogen) atoms. The van der Waals surface area contributed by atoms with Crippen molar-refractivity contribution >= 4 is 5.78 Å². The molecule has 0 radical (unpaired) electrons. The molecule has 0 aliphatic rings. The summed E-state index contributed by atoms with van der Waals surface area (Å²) in [4.78, 5) is 19.2. The van der Waals surface area contributed by atoms with Crippen LogP contribution in [0.3, 0.4) is 0 Å². The zero-order valence-corrected chi connectivity index (χ0v) is 7.48. The Morgan fingerprint density at radius 3 is 2.69 bits per heavy atom. The molecule has 0 spiro atoms. The van der Waals surface area contributed by atoms with Gasteiger partial charge in [0.2, 0.25) is 0 Å². The number of aryl methyl sites for hydroxylation is 1. The van der Waals surface area contributed by atoms with Crippen LogP contribution in [0.25, 0.3) is 0 Å². The fraction of sp³-hybridized carbons (Fsp3) is 0.333. The van der Waals surface area contributed by atoms with Gasteiger partial charge < -0.3 is 0 Å². The van der Waals surface area contributed by atoms with Gasteiger partial charge in [0.15, 0.2) is 5.78 Å². The summed E-state index contributed by atoms with van der Waals surface area (Å²) in [5, 5.41) is 8.50. The summed E-state index contributed by atoms with van der Waals surface area (Å²) in [6.07, 6.45) is 2.91. The predicted molar refractivity (Wildman–Crippen MR) is 45.9 cm³/mol. The van der Waals surface area contributed by atoms with Crippen LogP contribution in [0, 0.1) is 24.2 Å². The second-order valence-electron chi connectivity index (χ2n) is 2.76. The van der Waals surface area contributed by atoms with Gasteiger partial charge in [-0.3, -0.25) is 9.78 Å². The van der Waals surface area contributed by atoms with Crippen LogP contribution < -0.4 is 0 Å². The molecule has 1 atom stereocenters. The van der Waals surface area contributed by atoms with E-state index in [1.165, 1.54) is 12.4 Å². The van der Waals surface area contributed by atoms with E-state index in [2.05, 4.69) is 9.97 Å². The molecule has 0 saturated heterocycles. The number of hydrogen-bond donors (Lipinski definition) is 0. The summed E-state index contributed by atoms with van der Waals surface area (Å²) in [7, 11) is 0. The van der Waals surface area contributed by atoms with Gasteiger partial charge >= 0.3 is 0 Å². The van der Waals surface area contributed by atoms with Crippen molar-refractivity contribution in [3.05, 3.63) is 23.8 Å². The van der Waals surface area contributed by atoms with Crippen molar-refractivity contribution in [2.75, 3.05) is 0 Å². The Balaban J connectivity index is 2.91. The topological polar surface area (TPSA) is 66.6 Å². The summed E-state index contributed by atoms with van der Waals surface area (Å²) in [5.74, 6) is -0.938. The van der Waals surface area contributed by atoms with Crippen molar-refractivity contribution in [1.82, 2.24) is 9.97 Å². The zero-order chi connectivity index (χ0) is 9.84. The number of hydrogen-bond acceptors (Lipinski definition) is 4. The van der Waals surface area contributed by atoms with Crippen molar-refractivity contribution in [3.8, 4) is 6.07 Å². The number of carbonyl (C=O) groups is 1. The normalized spacial score (nSPS) is 11.8. The van der Waals surface area contributed by atoms with Crippen LogP contribution in [0.1, 0.15) is 23.1 Å². The molecule has 0 saturated carbocycles. The molecule has 0 aliphatic heterocycles. The van der Waals surface area contributed by atoms with E-state index in [4.69, 9.17) is 5.26 Å². The highest BCUT2D eigenvalue weighted by Gasteiger charge is 2.15. The molecule has 0 bridgehead atoms. The van der Waals surface area contributed by atoms with Crippen LogP contribution in [0.5, 0.6) is 0 Å². The Morgan fingerprint density at radius 1 is 1.54 bits per heavy atom.